The molecule has 0 unspecified atom stereocenters. The number of benzene rings is 1. The third kappa shape index (κ3) is 2.59. The first kappa shape index (κ1) is 15.2. The van der Waals surface area contributed by atoms with Crippen molar-refractivity contribution in [3.05, 3.63) is 70.6 Å². The molecule has 2 heterocycles. The van der Waals surface area contributed by atoms with Gasteiger partial charge < -0.3 is 5.11 Å². The Balaban J connectivity index is 2.17. The first-order valence-electron chi connectivity index (χ1n) is 6.95. The molecule has 1 aliphatic rings. The zero-order valence-electron chi connectivity index (χ0n) is 12.2. The number of rotatable bonds is 3. The summed E-state index contributed by atoms with van der Waals surface area (Å²) in [7, 11) is 0. The van der Waals surface area contributed by atoms with Gasteiger partial charge in [-0.1, -0.05) is 29.8 Å². The number of hydrogen-bond donors (Lipinski definition) is 1. The molecule has 1 amide bonds. The van der Waals surface area contributed by atoms with Gasteiger partial charge in [0.2, 0.25) is 0 Å². The van der Waals surface area contributed by atoms with Crippen LogP contribution in [0.3, 0.4) is 0 Å². The van der Waals surface area contributed by atoms with Crippen LogP contribution in [0.1, 0.15) is 18.5 Å². The highest BCUT2D eigenvalue weighted by Gasteiger charge is 2.43. The Morgan fingerprint density at radius 1 is 1.22 bits per heavy atom. The second-order valence-corrected chi connectivity index (χ2v) is 5.57. The van der Waals surface area contributed by atoms with Crippen molar-refractivity contribution in [1.29, 1.82) is 0 Å². The quantitative estimate of drug-likeness (QED) is 0.939. The number of anilines is 1. The lowest BCUT2D eigenvalue weighted by Crippen LogP contribution is -2.31. The van der Waals surface area contributed by atoms with E-state index in [9.17, 15) is 14.7 Å². The zero-order valence-corrected chi connectivity index (χ0v) is 13.0. The van der Waals surface area contributed by atoms with E-state index < -0.39 is 17.7 Å². The molecule has 1 aromatic carbocycles. The molecule has 23 heavy (non-hydrogen) atoms. The minimum atomic E-state index is -0.729. The summed E-state index contributed by atoms with van der Waals surface area (Å²) in [5, 5.41) is 10.7. The molecule has 1 aliphatic heterocycles. The summed E-state index contributed by atoms with van der Waals surface area (Å²) in [6, 6.07) is 11.2. The molecule has 0 radical (unpaired) electrons. The molecule has 1 N–H and O–H groups in total. The van der Waals surface area contributed by atoms with E-state index in [2.05, 4.69) is 4.98 Å². The molecule has 2 aromatic rings. The normalized spacial score (nSPS) is 17.7. The molecule has 0 saturated heterocycles. The van der Waals surface area contributed by atoms with E-state index >= 15 is 0 Å². The Kier molecular flexibility index (Phi) is 3.88. The van der Waals surface area contributed by atoms with Gasteiger partial charge in [-0.3, -0.25) is 14.5 Å². The van der Waals surface area contributed by atoms with Gasteiger partial charge in [0.25, 0.3) is 5.91 Å². The second kappa shape index (κ2) is 5.85. The number of ketones is 1. The summed E-state index contributed by atoms with van der Waals surface area (Å²) in [6.07, 6.45) is 1.55. The lowest BCUT2D eigenvalue weighted by atomic mass is 9.97. The molecule has 116 valence electrons. The molecule has 3 rings (SSSR count). The fraction of sp³-hybridized carbons (Fsp3) is 0.118. The third-order valence-electron chi connectivity index (χ3n) is 3.67. The first-order valence-corrected chi connectivity index (χ1v) is 7.32. The molecule has 0 bridgehead atoms. The highest BCUT2D eigenvalue weighted by molar-refractivity contribution is 6.30. The summed E-state index contributed by atoms with van der Waals surface area (Å²) < 4.78 is 0. The molecule has 0 spiro atoms. The van der Waals surface area contributed by atoms with E-state index in [-0.39, 0.29) is 11.4 Å². The summed E-state index contributed by atoms with van der Waals surface area (Å²) in [5.41, 5.74) is 0.727. The minimum absolute atomic E-state index is 0.0583. The van der Waals surface area contributed by atoms with Crippen LogP contribution in [0.2, 0.25) is 5.02 Å². The monoisotopic (exact) mass is 328 g/mol. The highest BCUT2D eigenvalue weighted by Crippen LogP contribution is 2.40. The molecule has 1 atom stereocenters. The van der Waals surface area contributed by atoms with Gasteiger partial charge in [-0.15, -0.1) is 0 Å². The summed E-state index contributed by atoms with van der Waals surface area (Å²) in [4.78, 5) is 29.9. The van der Waals surface area contributed by atoms with Crippen molar-refractivity contribution in [2.45, 2.75) is 13.0 Å². The highest BCUT2D eigenvalue weighted by atomic mass is 35.5. The maximum atomic E-state index is 12.5. The van der Waals surface area contributed by atoms with Crippen LogP contribution in [-0.4, -0.2) is 21.8 Å². The second-order valence-electron chi connectivity index (χ2n) is 5.14. The number of carbonyl (C=O) groups is 2. The molecular weight excluding hydrogens is 316 g/mol. The number of aliphatic hydroxyl groups excluding tert-OH is 1. The molecule has 0 saturated carbocycles. The molecule has 6 heteroatoms. The van der Waals surface area contributed by atoms with Crippen molar-refractivity contribution in [2.75, 3.05) is 4.90 Å². The molecule has 1 aromatic heterocycles. The maximum absolute atomic E-state index is 12.5. The fourth-order valence-electron chi connectivity index (χ4n) is 2.66. The van der Waals surface area contributed by atoms with Gasteiger partial charge in [-0.2, -0.15) is 0 Å². The molecular formula is C17H13ClN2O3. The first-order chi connectivity index (χ1) is 11.0. The van der Waals surface area contributed by atoms with Crippen LogP contribution in [-0.2, 0) is 9.59 Å². The number of Topliss-reactive ketones (excluding diaryl/α,β-unsaturated/α-hetero) is 1. The number of pyridine rings is 1. The van der Waals surface area contributed by atoms with Gasteiger partial charge in [-0.25, -0.2) is 4.98 Å². The number of aliphatic hydroxyl groups is 1. The predicted molar refractivity (Wildman–Crippen MR) is 86.3 cm³/mol. The SMILES string of the molecule is CC(=O)C1=C(O)C(=O)N(c2ccccn2)[C@@H]1c1ccc(Cl)cc1. The zero-order chi connectivity index (χ0) is 16.6. The van der Waals surface area contributed by atoms with E-state index in [0.717, 1.165) is 0 Å². The lowest BCUT2D eigenvalue weighted by molar-refractivity contribution is -0.117. The fourth-order valence-corrected chi connectivity index (χ4v) is 2.78. The Bertz CT molecular complexity index is 800. The summed E-state index contributed by atoms with van der Waals surface area (Å²) in [5.74, 6) is -1.19. The van der Waals surface area contributed by atoms with Gasteiger partial charge in [0.15, 0.2) is 11.5 Å². The third-order valence-corrected chi connectivity index (χ3v) is 3.92. The average molecular weight is 329 g/mol. The average Bonchev–Trinajstić information content (AvgIpc) is 2.81. The molecule has 5 nitrogen and oxygen atoms in total. The Labute approximate surface area is 137 Å². The number of aromatic nitrogens is 1. The van der Waals surface area contributed by atoms with Crippen LogP contribution in [0.15, 0.2) is 60.0 Å². The molecule has 0 fully saturated rings. The van der Waals surface area contributed by atoms with Crippen molar-refractivity contribution >= 4 is 29.1 Å². The Morgan fingerprint density at radius 2 is 1.91 bits per heavy atom. The number of nitrogens with zero attached hydrogens (tertiary/aromatic N) is 2. The van der Waals surface area contributed by atoms with E-state index in [1.165, 1.54) is 11.8 Å². The van der Waals surface area contributed by atoms with Crippen molar-refractivity contribution in [3.63, 3.8) is 0 Å². The standard InChI is InChI=1S/C17H13ClN2O3/c1-10(21)14-15(11-5-7-12(18)8-6-11)20(17(23)16(14)22)13-4-2-3-9-19-13/h2-9,15,22H,1H3/t15-/m1/s1. The summed E-state index contributed by atoms with van der Waals surface area (Å²) in [6.45, 7) is 1.32. The number of halogens is 1. The van der Waals surface area contributed by atoms with Gasteiger partial charge in [0, 0.05) is 11.2 Å². The Hall–Kier alpha value is -2.66. The van der Waals surface area contributed by atoms with Crippen LogP contribution < -0.4 is 4.90 Å². The molecule has 0 aliphatic carbocycles. The minimum Gasteiger partial charge on any atom is -0.503 e. The van der Waals surface area contributed by atoms with E-state index in [1.54, 1.807) is 48.7 Å². The van der Waals surface area contributed by atoms with Gasteiger partial charge in [-0.05, 0) is 36.8 Å². The van der Waals surface area contributed by atoms with Gasteiger partial charge >= 0.3 is 0 Å². The lowest BCUT2D eigenvalue weighted by Gasteiger charge is -2.25. The van der Waals surface area contributed by atoms with Crippen molar-refractivity contribution < 1.29 is 14.7 Å². The summed E-state index contributed by atoms with van der Waals surface area (Å²) >= 11 is 5.91. The van der Waals surface area contributed by atoms with E-state index in [1.807, 2.05) is 0 Å². The van der Waals surface area contributed by atoms with Gasteiger partial charge in [0.05, 0.1) is 11.6 Å². The van der Waals surface area contributed by atoms with Crippen LogP contribution in [0.5, 0.6) is 0 Å². The van der Waals surface area contributed by atoms with E-state index in [4.69, 9.17) is 11.6 Å². The maximum Gasteiger partial charge on any atom is 0.295 e. The number of hydrogen-bond acceptors (Lipinski definition) is 4. The largest absolute Gasteiger partial charge is 0.503 e. The van der Waals surface area contributed by atoms with Gasteiger partial charge in [0.1, 0.15) is 5.82 Å². The van der Waals surface area contributed by atoms with Crippen molar-refractivity contribution in [3.8, 4) is 0 Å². The van der Waals surface area contributed by atoms with Crippen molar-refractivity contribution in [2.24, 2.45) is 0 Å². The van der Waals surface area contributed by atoms with Crippen LogP contribution in [0.25, 0.3) is 0 Å². The van der Waals surface area contributed by atoms with E-state index in [0.29, 0.717) is 16.4 Å². The smallest absolute Gasteiger partial charge is 0.295 e. The number of carbonyl (C=O) groups excluding carboxylic acids is 2. The predicted octanol–water partition coefficient (Wildman–Crippen LogP) is 3.22. The van der Waals surface area contributed by atoms with Crippen molar-refractivity contribution in [1.82, 2.24) is 4.98 Å². The van der Waals surface area contributed by atoms with Crippen LogP contribution in [0.4, 0.5) is 5.82 Å². The Morgan fingerprint density at radius 3 is 2.48 bits per heavy atom. The van der Waals surface area contributed by atoms with Crippen LogP contribution in [0, 0.1) is 0 Å². The topological polar surface area (TPSA) is 70.5 Å². The van der Waals surface area contributed by atoms with Crippen LogP contribution >= 0.6 is 11.6 Å². The number of amides is 1.